The van der Waals surface area contributed by atoms with Gasteiger partial charge in [-0.05, 0) is 18.2 Å². The number of rotatable bonds is 3. The number of hydrogen-bond acceptors (Lipinski definition) is 9. The SMILES string of the molecule is CS(=O)(=O)C1=CC(=O)C(=[N+]=[N-])c2ccccc21.CS(=O)(=O)C1=CC(=[N+]=[N-])C(=O)c2ccccc21.CS(=O)(=O)c1cccc2c1C=CC(=[N+]=[N-])C2=O. The van der Waals surface area contributed by atoms with Crippen LogP contribution in [-0.4, -0.2) is 92.9 Å². The molecule has 0 spiro atoms. The lowest BCUT2D eigenvalue weighted by Crippen LogP contribution is -2.22. The Hall–Kier alpha value is -6.12. The van der Waals surface area contributed by atoms with Crippen molar-refractivity contribution in [1.29, 1.82) is 0 Å². The molecule has 0 amide bonds. The highest BCUT2D eigenvalue weighted by Crippen LogP contribution is 2.30. The monoisotopic (exact) mass is 744 g/mol. The van der Waals surface area contributed by atoms with Gasteiger partial charge in [-0.1, -0.05) is 54.6 Å². The number of carbonyl (C=O) groups excluding carboxylic acids is 3. The lowest BCUT2D eigenvalue weighted by Gasteiger charge is -2.12. The standard InChI is InChI=1S/3C11H8N2O3S/c1-17(15,16)10-4-2-3-8-7(10)5-6-9(13-12)11(8)14;1-17(15,16)10-6-9(14)11(13-12)8-5-3-2-4-7(8)10;1-17(15,16)10-6-9(13-12)11(14)8-5-3-2-4-7(8)10/h3*2-6H,1H3. The summed E-state index contributed by atoms with van der Waals surface area (Å²) in [6.45, 7) is 0. The zero-order valence-electron chi connectivity index (χ0n) is 26.7. The van der Waals surface area contributed by atoms with E-state index in [0.717, 1.165) is 30.9 Å². The number of nitrogens with zero attached hydrogens (tertiary/aromatic N) is 6. The lowest BCUT2D eigenvalue weighted by molar-refractivity contribution is -0.112. The Morgan fingerprint density at radius 1 is 0.490 bits per heavy atom. The Morgan fingerprint density at radius 3 is 1.47 bits per heavy atom. The molecule has 15 nitrogen and oxygen atoms in total. The second-order valence-corrected chi connectivity index (χ2v) is 16.9. The van der Waals surface area contributed by atoms with Gasteiger partial charge in [0, 0.05) is 58.7 Å². The normalized spacial score (nSPS) is 14.8. The summed E-state index contributed by atoms with van der Waals surface area (Å²) in [5, 5.41) is 0. The fourth-order valence-electron chi connectivity index (χ4n) is 5.09. The summed E-state index contributed by atoms with van der Waals surface area (Å²) < 4.78 is 69.4. The van der Waals surface area contributed by atoms with Crippen LogP contribution in [0.5, 0.6) is 0 Å². The van der Waals surface area contributed by atoms with E-state index in [2.05, 4.69) is 14.4 Å². The van der Waals surface area contributed by atoms with Crippen LogP contribution in [0.2, 0.25) is 0 Å². The van der Waals surface area contributed by atoms with Gasteiger partial charge in [0.2, 0.25) is 0 Å². The smallest absolute Gasteiger partial charge is 0.361 e. The Kier molecular flexibility index (Phi) is 10.6. The van der Waals surface area contributed by atoms with Crippen LogP contribution >= 0.6 is 0 Å². The van der Waals surface area contributed by atoms with E-state index in [4.69, 9.17) is 16.6 Å². The van der Waals surface area contributed by atoms with Crippen molar-refractivity contribution in [1.82, 2.24) is 0 Å². The summed E-state index contributed by atoms with van der Waals surface area (Å²) in [6.07, 6.45) is 7.97. The number of hydrogen-bond donors (Lipinski definition) is 0. The van der Waals surface area contributed by atoms with Crippen molar-refractivity contribution in [2.24, 2.45) is 0 Å². The van der Waals surface area contributed by atoms with Crippen molar-refractivity contribution in [3.63, 3.8) is 0 Å². The first kappa shape index (κ1) is 37.7. The van der Waals surface area contributed by atoms with Crippen LogP contribution in [0.3, 0.4) is 0 Å². The molecule has 0 saturated heterocycles. The average Bonchev–Trinajstić information content (AvgIpc) is 3.07. The van der Waals surface area contributed by atoms with Gasteiger partial charge in [-0.15, -0.1) is 0 Å². The molecule has 0 bridgehead atoms. The minimum Gasteiger partial charge on any atom is -0.361 e. The molecule has 0 N–H and O–H groups in total. The fraction of sp³-hybridized carbons (Fsp3) is 0.0909. The maximum absolute atomic E-state index is 11.8. The van der Waals surface area contributed by atoms with Crippen molar-refractivity contribution in [2.75, 3.05) is 18.8 Å². The van der Waals surface area contributed by atoms with Crippen LogP contribution < -0.4 is 0 Å². The van der Waals surface area contributed by atoms with Crippen LogP contribution in [0.15, 0.2) is 89.9 Å². The average molecular weight is 745 g/mol. The van der Waals surface area contributed by atoms with Gasteiger partial charge in [0.25, 0.3) is 17.3 Å². The number of Topliss-reactive ketones (excluding diaryl/α,β-unsaturated/α-hetero) is 2. The maximum atomic E-state index is 11.8. The van der Waals surface area contributed by atoms with E-state index in [9.17, 15) is 39.6 Å². The first-order valence-electron chi connectivity index (χ1n) is 14.2. The number of carbonyl (C=O) groups is 3. The molecule has 0 unspecified atom stereocenters. The predicted molar refractivity (Wildman–Crippen MR) is 186 cm³/mol. The van der Waals surface area contributed by atoms with Crippen molar-refractivity contribution in [2.45, 2.75) is 4.90 Å². The minimum atomic E-state index is -3.50. The zero-order chi connectivity index (χ0) is 37.9. The number of benzene rings is 3. The quantitative estimate of drug-likeness (QED) is 0.281. The predicted octanol–water partition coefficient (Wildman–Crippen LogP) is 2.58. The molecule has 18 heteroatoms. The summed E-state index contributed by atoms with van der Waals surface area (Å²) >= 11 is 0. The van der Waals surface area contributed by atoms with E-state index >= 15 is 0 Å². The minimum absolute atomic E-state index is 0.0134. The molecular formula is C33H24N6O9S3. The van der Waals surface area contributed by atoms with Crippen LogP contribution in [0.1, 0.15) is 43.0 Å². The Labute approximate surface area is 291 Å². The molecule has 0 saturated carbocycles. The highest BCUT2D eigenvalue weighted by Gasteiger charge is 2.35. The van der Waals surface area contributed by atoms with Gasteiger partial charge in [0.05, 0.1) is 26.3 Å². The number of ketones is 3. The second kappa shape index (κ2) is 14.4. The molecule has 6 rings (SSSR count). The molecule has 3 aromatic rings. The van der Waals surface area contributed by atoms with E-state index in [1.165, 1.54) is 36.4 Å². The van der Waals surface area contributed by atoms with Crippen LogP contribution in [0.4, 0.5) is 0 Å². The van der Waals surface area contributed by atoms with Gasteiger partial charge in [-0.3, -0.25) is 14.4 Å². The molecule has 3 aromatic carbocycles. The molecule has 0 fully saturated rings. The summed E-state index contributed by atoms with van der Waals surface area (Å²) in [7, 11) is -10.4. The molecule has 0 radical (unpaired) electrons. The van der Waals surface area contributed by atoms with Gasteiger partial charge in [0.1, 0.15) is 0 Å². The Morgan fingerprint density at radius 2 is 0.961 bits per heavy atom. The molecule has 0 aromatic heterocycles. The van der Waals surface area contributed by atoms with Crippen molar-refractivity contribution in [3.05, 3.63) is 135 Å². The van der Waals surface area contributed by atoms with Crippen LogP contribution in [0.25, 0.3) is 32.5 Å². The second-order valence-electron chi connectivity index (χ2n) is 10.9. The number of fused-ring (bicyclic) bond motifs is 3. The van der Waals surface area contributed by atoms with Gasteiger partial charge in [-0.2, -0.15) is 14.4 Å². The first-order valence-corrected chi connectivity index (χ1v) is 19.9. The highest BCUT2D eigenvalue weighted by atomic mass is 32.2. The summed E-state index contributed by atoms with van der Waals surface area (Å²) in [5.74, 6) is -1.60. The van der Waals surface area contributed by atoms with E-state index in [0.29, 0.717) is 22.3 Å². The molecular weight excluding hydrogens is 721 g/mol. The number of allylic oxidation sites excluding steroid dienone is 3. The molecule has 0 aliphatic heterocycles. The van der Waals surface area contributed by atoms with E-state index in [1.54, 1.807) is 42.5 Å². The van der Waals surface area contributed by atoms with Gasteiger partial charge < -0.3 is 16.6 Å². The largest absolute Gasteiger partial charge is 0.369 e. The first-order chi connectivity index (χ1) is 23.8. The molecule has 258 valence electrons. The van der Waals surface area contributed by atoms with E-state index in [1.807, 2.05) is 0 Å². The van der Waals surface area contributed by atoms with Gasteiger partial charge in [-0.25, -0.2) is 25.3 Å². The Bertz CT molecular complexity index is 2670. The van der Waals surface area contributed by atoms with E-state index < -0.39 is 46.9 Å². The van der Waals surface area contributed by atoms with Crippen molar-refractivity contribution in [3.8, 4) is 0 Å². The topological polar surface area (TPSA) is 263 Å². The summed E-state index contributed by atoms with van der Waals surface area (Å²) in [6, 6.07) is 17.2. The maximum Gasteiger partial charge on any atom is 0.369 e. The lowest BCUT2D eigenvalue weighted by atomic mass is 9.95. The molecule has 0 atom stereocenters. The Balaban J connectivity index is 0.000000172. The van der Waals surface area contributed by atoms with Crippen LogP contribution in [0, 0.1) is 0 Å². The van der Waals surface area contributed by atoms with E-state index in [-0.39, 0.29) is 43.0 Å². The van der Waals surface area contributed by atoms with Gasteiger partial charge >= 0.3 is 17.1 Å². The third-order valence-corrected chi connectivity index (χ3v) is 10.8. The van der Waals surface area contributed by atoms with Crippen LogP contribution in [-0.2, 0) is 34.3 Å². The third kappa shape index (κ3) is 7.87. The van der Waals surface area contributed by atoms with Crippen molar-refractivity contribution >= 4 is 79.9 Å². The van der Waals surface area contributed by atoms with Crippen molar-refractivity contribution < 1.29 is 54.0 Å². The highest BCUT2D eigenvalue weighted by molar-refractivity contribution is 8.00. The summed E-state index contributed by atoms with van der Waals surface area (Å²) in [5.41, 5.74) is 27.4. The fourth-order valence-corrected chi connectivity index (χ4v) is 7.79. The molecule has 51 heavy (non-hydrogen) atoms. The zero-order valence-corrected chi connectivity index (χ0v) is 29.2. The third-order valence-electron chi connectivity index (χ3n) is 7.35. The van der Waals surface area contributed by atoms with Gasteiger partial charge in [0.15, 0.2) is 29.5 Å². The molecule has 3 aliphatic rings. The molecule has 0 heterocycles. The number of sulfone groups is 3. The summed E-state index contributed by atoms with van der Waals surface area (Å²) in [4.78, 5) is 43.8. The molecule has 3 aliphatic carbocycles.